The van der Waals surface area contributed by atoms with Crippen molar-refractivity contribution in [3.05, 3.63) is 54.1 Å². The molecular formula is C23H27NO. The van der Waals surface area contributed by atoms with Crippen LogP contribution in [0.4, 0.5) is 0 Å². The van der Waals surface area contributed by atoms with Crippen LogP contribution in [0.25, 0.3) is 21.8 Å². The van der Waals surface area contributed by atoms with E-state index in [9.17, 15) is 4.79 Å². The van der Waals surface area contributed by atoms with E-state index in [4.69, 9.17) is 4.98 Å². The summed E-state index contributed by atoms with van der Waals surface area (Å²) in [6.45, 7) is 3.95. The minimum absolute atomic E-state index is 0.269. The molecular weight excluding hydrogens is 306 g/mol. The van der Waals surface area contributed by atoms with E-state index in [1.165, 1.54) is 42.0 Å². The molecule has 1 aromatic heterocycles. The minimum Gasteiger partial charge on any atom is -0.300 e. The number of hydrogen-bond donors (Lipinski definition) is 0. The van der Waals surface area contributed by atoms with Crippen LogP contribution in [-0.4, -0.2) is 10.8 Å². The zero-order chi connectivity index (χ0) is 17.6. The molecule has 0 saturated heterocycles. The normalized spacial score (nSPS) is 12.6. The fourth-order valence-electron chi connectivity index (χ4n) is 3.83. The largest absolute Gasteiger partial charge is 0.300 e. The maximum absolute atomic E-state index is 12.0. The number of carbonyl (C=O) groups excluding carboxylic acids is 1. The van der Waals surface area contributed by atoms with Gasteiger partial charge in [-0.3, -0.25) is 0 Å². The van der Waals surface area contributed by atoms with Gasteiger partial charge >= 0.3 is 0 Å². The van der Waals surface area contributed by atoms with Crippen LogP contribution in [0, 0.1) is 0 Å². The standard InChI is InChI=1S/C23H27NO/c1-3-4-5-6-11-18(16-17(2)25)23-19-12-7-9-14-21(19)24-22-15-10-8-13-20(22)23/h7-10,12-15,18H,3-6,11,16H2,1-2H3. The van der Waals surface area contributed by atoms with E-state index in [-0.39, 0.29) is 11.7 Å². The Hall–Kier alpha value is -2.22. The summed E-state index contributed by atoms with van der Waals surface area (Å²) in [6, 6.07) is 16.7. The number of aromatic nitrogens is 1. The minimum atomic E-state index is 0.269. The molecule has 3 aromatic rings. The van der Waals surface area contributed by atoms with E-state index in [1.807, 2.05) is 12.1 Å². The van der Waals surface area contributed by atoms with Crippen LogP contribution < -0.4 is 0 Å². The highest BCUT2D eigenvalue weighted by molar-refractivity contribution is 5.98. The molecule has 1 unspecified atom stereocenters. The number of carbonyl (C=O) groups is 1. The van der Waals surface area contributed by atoms with Gasteiger partial charge < -0.3 is 4.79 Å². The Kier molecular flexibility index (Phi) is 5.80. The smallest absolute Gasteiger partial charge is 0.130 e. The first-order valence-corrected chi connectivity index (χ1v) is 9.47. The monoisotopic (exact) mass is 333 g/mol. The summed E-state index contributed by atoms with van der Waals surface area (Å²) in [5.74, 6) is 0.539. The van der Waals surface area contributed by atoms with Crippen molar-refractivity contribution in [2.45, 2.75) is 58.3 Å². The molecule has 0 fully saturated rings. The van der Waals surface area contributed by atoms with Crippen LogP contribution in [0.1, 0.15) is 63.9 Å². The average Bonchev–Trinajstić information content (AvgIpc) is 2.62. The Morgan fingerprint density at radius 3 is 2.08 bits per heavy atom. The van der Waals surface area contributed by atoms with Gasteiger partial charge in [-0.1, -0.05) is 69.0 Å². The molecule has 0 spiro atoms. The molecule has 0 aliphatic carbocycles. The molecule has 1 heterocycles. The number of fused-ring (bicyclic) bond motifs is 2. The van der Waals surface area contributed by atoms with E-state index in [0.29, 0.717) is 6.42 Å². The average molecular weight is 333 g/mol. The summed E-state index contributed by atoms with van der Waals surface area (Å²) >= 11 is 0. The molecule has 1 atom stereocenters. The number of unbranched alkanes of at least 4 members (excludes halogenated alkanes) is 3. The number of benzene rings is 2. The number of para-hydroxylation sites is 2. The predicted molar refractivity (Wildman–Crippen MR) is 106 cm³/mol. The number of Topliss-reactive ketones (excluding diaryl/α,β-unsaturated/α-hetero) is 1. The SMILES string of the molecule is CCCCCCC(CC(C)=O)c1c2ccccc2nc2ccccc12. The highest BCUT2D eigenvalue weighted by atomic mass is 16.1. The molecule has 2 heteroatoms. The number of rotatable bonds is 8. The van der Waals surface area contributed by atoms with Gasteiger partial charge in [-0.2, -0.15) is 0 Å². The van der Waals surface area contributed by atoms with Crippen LogP contribution in [0.2, 0.25) is 0 Å². The predicted octanol–water partition coefficient (Wildman–Crippen LogP) is 6.42. The van der Waals surface area contributed by atoms with Crippen molar-refractivity contribution in [3.8, 4) is 0 Å². The van der Waals surface area contributed by atoms with Crippen molar-refractivity contribution in [2.75, 3.05) is 0 Å². The molecule has 0 aliphatic heterocycles. The van der Waals surface area contributed by atoms with Crippen molar-refractivity contribution in [1.82, 2.24) is 4.98 Å². The molecule has 130 valence electrons. The van der Waals surface area contributed by atoms with E-state index in [1.54, 1.807) is 6.92 Å². The first-order valence-electron chi connectivity index (χ1n) is 9.47. The van der Waals surface area contributed by atoms with Gasteiger partial charge in [-0.05, 0) is 37.0 Å². The Morgan fingerprint density at radius 2 is 1.52 bits per heavy atom. The zero-order valence-electron chi connectivity index (χ0n) is 15.3. The summed E-state index contributed by atoms with van der Waals surface area (Å²) in [4.78, 5) is 16.8. The third kappa shape index (κ3) is 4.07. The van der Waals surface area contributed by atoms with Gasteiger partial charge in [0.1, 0.15) is 5.78 Å². The molecule has 25 heavy (non-hydrogen) atoms. The van der Waals surface area contributed by atoms with Crippen molar-refractivity contribution in [2.24, 2.45) is 0 Å². The maximum atomic E-state index is 12.0. The summed E-state index contributed by atoms with van der Waals surface area (Å²) in [7, 11) is 0. The Morgan fingerprint density at radius 1 is 0.920 bits per heavy atom. The van der Waals surface area contributed by atoms with E-state index >= 15 is 0 Å². The van der Waals surface area contributed by atoms with E-state index < -0.39 is 0 Å². The fourth-order valence-corrected chi connectivity index (χ4v) is 3.83. The van der Waals surface area contributed by atoms with Crippen molar-refractivity contribution in [1.29, 1.82) is 0 Å². The van der Waals surface area contributed by atoms with Crippen LogP contribution >= 0.6 is 0 Å². The van der Waals surface area contributed by atoms with Gasteiger partial charge in [0, 0.05) is 17.2 Å². The van der Waals surface area contributed by atoms with E-state index in [2.05, 4.69) is 43.3 Å². The fraction of sp³-hybridized carbons (Fsp3) is 0.391. The second kappa shape index (κ2) is 8.24. The van der Waals surface area contributed by atoms with Crippen molar-refractivity contribution in [3.63, 3.8) is 0 Å². The van der Waals surface area contributed by atoms with Gasteiger partial charge in [0.25, 0.3) is 0 Å². The molecule has 0 amide bonds. The summed E-state index contributed by atoms with van der Waals surface area (Å²) < 4.78 is 0. The Labute approximate surface area is 150 Å². The highest BCUT2D eigenvalue weighted by Gasteiger charge is 2.20. The van der Waals surface area contributed by atoms with E-state index in [0.717, 1.165) is 17.5 Å². The lowest BCUT2D eigenvalue weighted by Gasteiger charge is -2.20. The topological polar surface area (TPSA) is 30.0 Å². The van der Waals surface area contributed by atoms with Gasteiger partial charge in [0.05, 0.1) is 11.0 Å². The lowest BCUT2D eigenvalue weighted by molar-refractivity contribution is -0.117. The van der Waals surface area contributed by atoms with Gasteiger partial charge in [0.15, 0.2) is 0 Å². The van der Waals surface area contributed by atoms with Crippen LogP contribution in [-0.2, 0) is 4.79 Å². The Bertz CT molecular complexity index is 814. The number of pyridine rings is 1. The molecule has 0 aliphatic rings. The molecule has 2 nitrogen and oxygen atoms in total. The lowest BCUT2D eigenvalue weighted by atomic mass is 9.84. The van der Waals surface area contributed by atoms with Gasteiger partial charge in [-0.25, -0.2) is 4.98 Å². The number of hydrogen-bond acceptors (Lipinski definition) is 2. The van der Waals surface area contributed by atoms with Crippen LogP contribution in [0.5, 0.6) is 0 Å². The summed E-state index contributed by atoms with van der Waals surface area (Å²) in [5.41, 5.74) is 3.37. The molecule has 0 N–H and O–H groups in total. The maximum Gasteiger partial charge on any atom is 0.130 e. The second-order valence-electron chi connectivity index (χ2n) is 7.01. The molecule has 0 bridgehead atoms. The lowest BCUT2D eigenvalue weighted by Crippen LogP contribution is -2.07. The van der Waals surface area contributed by atoms with Gasteiger partial charge in [-0.15, -0.1) is 0 Å². The quantitative estimate of drug-likeness (QED) is 0.351. The van der Waals surface area contributed by atoms with Crippen LogP contribution in [0.15, 0.2) is 48.5 Å². The third-order valence-corrected chi connectivity index (χ3v) is 4.98. The Balaban J connectivity index is 2.11. The summed E-state index contributed by atoms with van der Waals surface area (Å²) in [5, 5.41) is 2.39. The van der Waals surface area contributed by atoms with Crippen molar-refractivity contribution < 1.29 is 4.79 Å². The first kappa shape index (κ1) is 17.6. The van der Waals surface area contributed by atoms with Crippen LogP contribution in [0.3, 0.4) is 0 Å². The summed E-state index contributed by atoms with van der Waals surface area (Å²) in [6.07, 6.45) is 6.60. The first-order chi connectivity index (χ1) is 12.2. The molecule has 0 saturated carbocycles. The number of nitrogens with zero attached hydrogens (tertiary/aromatic N) is 1. The number of ketones is 1. The molecule has 0 radical (unpaired) electrons. The van der Waals surface area contributed by atoms with Gasteiger partial charge in [0.2, 0.25) is 0 Å². The highest BCUT2D eigenvalue weighted by Crippen LogP contribution is 2.36. The third-order valence-electron chi connectivity index (χ3n) is 4.98. The second-order valence-corrected chi connectivity index (χ2v) is 7.01. The van der Waals surface area contributed by atoms with Crippen molar-refractivity contribution >= 4 is 27.6 Å². The molecule has 2 aromatic carbocycles. The zero-order valence-corrected chi connectivity index (χ0v) is 15.3. The molecule has 3 rings (SSSR count).